The molecule has 2 aromatic rings. The van der Waals surface area contributed by atoms with E-state index < -0.39 is 0 Å². The summed E-state index contributed by atoms with van der Waals surface area (Å²) in [4.78, 5) is 36.6. The van der Waals surface area contributed by atoms with Crippen molar-refractivity contribution in [3.05, 3.63) is 60.2 Å². The highest BCUT2D eigenvalue weighted by molar-refractivity contribution is 8.15. The normalized spacial score (nSPS) is 20.2. The molecule has 2 aliphatic heterocycles. The van der Waals surface area contributed by atoms with E-state index in [2.05, 4.69) is 5.32 Å². The molecular formula is C23H24N2O6S. The van der Waals surface area contributed by atoms with Crippen LogP contribution in [0.5, 0.6) is 11.5 Å². The smallest absolute Gasteiger partial charge is 0.410 e. The Kier molecular flexibility index (Phi) is 7.16. The summed E-state index contributed by atoms with van der Waals surface area (Å²) in [5.74, 6) is 1.22. The van der Waals surface area contributed by atoms with E-state index in [-0.39, 0.29) is 28.6 Å². The average Bonchev–Trinajstić information content (AvgIpc) is 3.31. The van der Waals surface area contributed by atoms with Crippen LogP contribution in [-0.4, -0.2) is 59.8 Å². The van der Waals surface area contributed by atoms with Crippen LogP contribution < -0.4 is 14.8 Å². The van der Waals surface area contributed by atoms with Crippen LogP contribution in [0.15, 0.2) is 54.6 Å². The monoisotopic (exact) mass is 456 g/mol. The van der Waals surface area contributed by atoms with Gasteiger partial charge in [0, 0.05) is 6.54 Å². The van der Waals surface area contributed by atoms with E-state index in [1.807, 2.05) is 54.6 Å². The number of benzene rings is 2. The van der Waals surface area contributed by atoms with Gasteiger partial charge in [-0.05, 0) is 42.7 Å². The second kappa shape index (κ2) is 10.4. The van der Waals surface area contributed by atoms with Gasteiger partial charge in [0.1, 0.15) is 18.1 Å². The van der Waals surface area contributed by atoms with E-state index in [1.165, 1.54) is 0 Å². The standard InChI is InChI=1S/C23H24N2O6S/c26-21-20(32-22(27)24-21)13-16-7-9-18(10-8-16)29-12-4-11-25-14-19(31-23(25)28)15-30-17-5-2-1-3-6-17/h1-3,5-10,19-20H,4,11-15H2,(H,24,26,27). The molecule has 2 aromatic carbocycles. The van der Waals surface area contributed by atoms with Crippen LogP contribution in [0, 0.1) is 0 Å². The topological polar surface area (TPSA) is 94.2 Å². The number of carbonyl (C=O) groups is 3. The van der Waals surface area contributed by atoms with Gasteiger partial charge >= 0.3 is 6.09 Å². The van der Waals surface area contributed by atoms with Gasteiger partial charge in [0.15, 0.2) is 6.10 Å². The Hall–Kier alpha value is -3.20. The van der Waals surface area contributed by atoms with Crippen LogP contribution in [0.4, 0.5) is 9.59 Å². The zero-order valence-electron chi connectivity index (χ0n) is 17.4. The number of carbonyl (C=O) groups excluding carboxylic acids is 3. The number of nitrogens with one attached hydrogen (secondary N) is 1. The quantitative estimate of drug-likeness (QED) is 0.549. The summed E-state index contributed by atoms with van der Waals surface area (Å²) in [5.41, 5.74) is 0.961. The van der Waals surface area contributed by atoms with Gasteiger partial charge < -0.3 is 19.1 Å². The minimum Gasteiger partial charge on any atom is -0.494 e. The zero-order chi connectivity index (χ0) is 22.3. The van der Waals surface area contributed by atoms with E-state index in [1.54, 1.807) is 4.90 Å². The van der Waals surface area contributed by atoms with Crippen molar-refractivity contribution in [3.63, 3.8) is 0 Å². The molecule has 2 aliphatic rings. The number of hydrogen-bond acceptors (Lipinski definition) is 7. The molecule has 2 unspecified atom stereocenters. The molecule has 0 aliphatic carbocycles. The Bertz CT molecular complexity index is 953. The molecule has 0 saturated carbocycles. The van der Waals surface area contributed by atoms with Crippen molar-refractivity contribution in [1.29, 1.82) is 0 Å². The number of amides is 3. The molecule has 0 aromatic heterocycles. The first-order valence-electron chi connectivity index (χ1n) is 10.4. The third-order valence-corrected chi connectivity index (χ3v) is 6.06. The molecule has 2 fully saturated rings. The lowest BCUT2D eigenvalue weighted by molar-refractivity contribution is -0.118. The Labute approximate surface area is 190 Å². The predicted octanol–water partition coefficient (Wildman–Crippen LogP) is 3.25. The summed E-state index contributed by atoms with van der Waals surface area (Å²) in [5, 5.41) is 1.62. The first-order chi connectivity index (χ1) is 15.6. The summed E-state index contributed by atoms with van der Waals surface area (Å²) in [6, 6.07) is 16.9. The summed E-state index contributed by atoms with van der Waals surface area (Å²) >= 11 is 1.02. The van der Waals surface area contributed by atoms with Crippen LogP contribution in [0.2, 0.25) is 0 Å². The summed E-state index contributed by atoms with van der Waals surface area (Å²) in [6.07, 6.45) is 0.550. The average molecular weight is 457 g/mol. The fourth-order valence-electron chi connectivity index (χ4n) is 3.46. The summed E-state index contributed by atoms with van der Waals surface area (Å²) in [7, 11) is 0. The minimum absolute atomic E-state index is 0.241. The lowest BCUT2D eigenvalue weighted by Gasteiger charge is -2.14. The highest BCUT2D eigenvalue weighted by Gasteiger charge is 2.32. The highest BCUT2D eigenvalue weighted by Crippen LogP contribution is 2.24. The molecule has 4 rings (SSSR count). The maximum atomic E-state index is 12.0. The number of nitrogens with zero attached hydrogens (tertiary/aromatic N) is 1. The molecular weight excluding hydrogens is 432 g/mol. The number of cyclic esters (lactones) is 1. The van der Waals surface area contributed by atoms with Crippen LogP contribution in [0.1, 0.15) is 12.0 Å². The van der Waals surface area contributed by atoms with Crippen LogP contribution in [-0.2, 0) is 16.0 Å². The van der Waals surface area contributed by atoms with E-state index in [4.69, 9.17) is 14.2 Å². The molecule has 0 bridgehead atoms. The predicted molar refractivity (Wildman–Crippen MR) is 119 cm³/mol. The maximum Gasteiger partial charge on any atom is 0.410 e. The fraction of sp³-hybridized carbons (Fsp3) is 0.348. The Morgan fingerprint density at radius 2 is 1.75 bits per heavy atom. The molecule has 168 valence electrons. The molecule has 3 amide bonds. The van der Waals surface area contributed by atoms with Gasteiger partial charge in [-0.25, -0.2) is 4.79 Å². The SMILES string of the molecule is O=C1NC(=O)C(Cc2ccc(OCCCN3CC(COc4ccccc4)OC3=O)cc2)S1. The van der Waals surface area contributed by atoms with E-state index in [9.17, 15) is 14.4 Å². The molecule has 1 N–H and O–H groups in total. The number of para-hydroxylation sites is 1. The zero-order valence-corrected chi connectivity index (χ0v) is 18.2. The lowest BCUT2D eigenvalue weighted by atomic mass is 10.1. The van der Waals surface area contributed by atoms with Crippen molar-refractivity contribution in [2.24, 2.45) is 0 Å². The van der Waals surface area contributed by atoms with E-state index in [0.29, 0.717) is 44.9 Å². The van der Waals surface area contributed by atoms with Gasteiger partial charge in [-0.15, -0.1) is 0 Å². The first kappa shape index (κ1) is 22.0. The molecule has 32 heavy (non-hydrogen) atoms. The largest absolute Gasteiger partial charge is 0.494 e. The third kappa shape index (κ3) is 5.94. The van der Waals surface area contributed by atoms with Crippen LogP contribution in [0.25, 0.3) is 0 Å². The van der Waals surface area contributed by atoms with Crippen molar-refractivity contribution in [3.8, 4) is 11.5 Å². The molecule has 9 heteroatoms. The van der Waals surface area contributed by atoms with Gasteiger partial charge in [-0.2, -0.15) is 0 Å². The van der Waals surface area contributed by atoms with Gasteiger partial charge in [0.2, 0.25) is 5.91 Å². The Morgan fingerprint density at radius 1 is 1.00 bits per heavy atom. The van der Waals surface area contributed by atoms with Crippen molar-refractivity contribution in [2.45, 2.75) is 24.2 Å². The van der Waals surface area contributed by atoms with Crippen molar-refractivity contribution < 1.29 is 28.6 Å². The number of hydrogen-bond donors (Lipinski definition) is 1. The highest BCUT2D eigenvalue weighted by atomic mass is 32.2. The molecule has 2 saturated heterocycles. The van der Waals surface area contributed by atoms with Crippen molar-refractivity contribution in [1.82, 2.24) is 10.2 Å². The van der Waals surface area contributed by atoms with Gasteiger partial charge in [0.25, 0.3) is 5.24 Å². The number of imide groups is 1. The van der Waals surface area contributed by atoms with E-state index >= 15 is 0 Å². The van der Waals surface area contributed by atoms with Gasteiger partial charge in [0.05, 0.1) is 18.4 Å². The van der Waals surface area contributed by atoms with Crippen LogP contribution in [0.3, 0.4) is 0 Å². The number of ether oxygens (including phenoxy) is 3. The first-order valence-corrected chi connectivity index (χ1v) is 11.3. The third-order valence-electron chi connectivity index (χ3n) is 5.08. The van der Waals surface area contributed by atoms with Crippen molar-refractivity contribution in [2.75, 3.05) is 26.3 Å². The number of thioether (sulfide) groups is 1. The molecule has 0 radical (unpaired) electrons. The molecule has 8 nitrogen and oxygen atoms in total. The van der Waals surface area contributed by atoms with Gasteiger partial charge in [-0.3, -0.25) is 14.9 Å². The van der Waals surface area contributed by atoms with Crippen molar-refractivity contribution >= 4 is 29.0 Å². The van der Waals surface area contributed by atoms with Gasteiger partial charge in [-0.1, -0.05) is 42.1 Å². The van der Waals surface area contributed by atoms with Crippen LogP contribution >= 0.6 is 11.8 Å². The minimum atomic E-state index is -0.378. The molecule has 2 heterocycles. The summed E-state index contributed by atoms with van der Waals surface area (Å²) in [6.45, 7) is 1.82. The Balaban J connectivity index is 1.14. The fourth-order valence-corrected chi connectivity index (χ4v) is 4.32. The molecule has 0 spiro atoms. The maximum absolute atomic E-state index is 12.0. The number of rotatable bonds is 10. The lowest BCUT2D eigenvalue weighted by Crippen LogP contribution is -2.28. The second-order valence-electron chi connectivity index (χ2n) is 7.51. The second-order valence-corrected chi connectivity index (χ2v) is 8.68. The van der Waals surface area contributed by atoms with E-state index in [0.717, 1.165) is 23.1 Å². The molecule has 2 atom stereocenters. The summed E-state index contributed by atoms with van der Waals surface area (Å²) < 4.78 is 16.8. The Morgan fingerprint density at radius 3 is 2.47 bits per heavy atom.